The molecule has 2 heterocycles. The number of aryl methyl sites for hydroxylation is 1. The van der Waals surface area contributed by atoms with Crippen LogP contribution < -0.4 is 5.73 Å². The maximum Gasteiger partial charge on any atom is 0.289 e. The molecule has 0 radical (unpaired) electrons. The van der Waals surface area contributed by atoms with Crippen molar-refractivity contribution in [3.63, 3.8) is 0 Å². The van der Waals surface area contributed by atoms with Gasteiger partial charge in [-0.3, -0.25) is 9.59 Å². The van der Waals surface area contributed by atoms with Gasteiger partial charge in [-0.15, -0.1) is 0 Å². The van der Waals surface area contributed by atoms with E-state index in [-0.39, 0.29) is 23.7 Å². The van der Waals surface area contributed by atoms with Gasteiger partial charge in [0, 0.05) is 43.5 Å². The molecule has 0 spiro atoms. The standard InChI is InChI=1S/C20H22N2O3/c1-12-18-16(23)8-5-9-17(18)25-19(12)20(24)22-10-14(15(21)11-22)13-6-3-2-4-7-13/h2-4,6-7,14-15H,5,8-11,21H2,1H3/t14-,15+/m0/s1. The maximum absolute atomic E-state index is 13.0. The Bertz CT molecular complexity index is 825. The van der Waals surface area contributed by atoms with E-state index in [1.165, 1.54) is 0 Å². The Morgan fingerprint density at radius 2 is 1.96 bits per heavy atom. The van der Waals surface area contributed by atoms with E-state index in [1.54, 1.807) is 4.90 Å². The fourth-order valence-electron chi connectivity index (χ4n) is 4.04. The van der Waals surface area contributed by atoms with Crippen molar-refractivity contribution in [1.82, 2.24) is 4.90 Å². The number of Topliss-reactive ketones (excluding diaryl/α,β-unsaturated/α-hetero) is 1. The molecule has 0 bridgehead atoms. The van der Waals surface area contributed by atoms with Gasteiger partial charge in [0.05, 0.1) is 5.56 Å². The van der Waals surface area contributed by atoms with E-state index >= 15 is 0 Å². The van der Waals surface area contributed by atoms with Gasteiger partial charge in [0.1, 0.15) is 5.76 Å². The van der Waals surface area contributed by atoms with Gasteiger partial charge in [-0.05, 0) is 18.9 Å². The summed E-state index contributed by atoms with van der Waals surface area (Å²) in [5, 5.41) is 0. The highest BCUT2D eigenvalue weighted by Crippen LogP contribution is 2.32. The first-order valence-electron chi connectivity index (χ1n) is 8.81. The molecule has 1 aliphatic heterocycles. The van der Waals surface area contributed by atoms with Gasteiger partial charge in [-0.1, -0.05) is 30.3 Å². The van der Waals surface area contributed by atoms with Crippen molar-refractivity contribution in [2.45, 2.75) is 38.1 Å². The van der Waals surface area contributed by atoms with Crippen LogP contribution in [0, 0.1) is 6.92 Å². The number of ketones is 1. The molecule has 2 atom stereocenters. The summed E-state index contributed by atoms with van der Waals surface area (Å²) in [6, 6.07) is 9.95. The zero-order valence-corrected chi connectivity index (χ0v) is 14.3. The van der Waals surface area contributed by atoms with Crippen molar-refractivity contribution in [2.75, 3.05) is 13.1 Å². The molecule has 5 heteroatoms. The minimum atomic E-state index is -0.159. The molecule has 2 N–H and O–H groups in total. The first-order chi connectivity index (χ1) is 12.1. The molecule has 0 unspecified atom stereocenters. The molecule has 2 aliphatic rings. The lowest BCUT2D eigenvalue weighted by Gasteiger charge is -2.15. The fraction of sp³-hybridized carbons (Fsp3) is 0.400. The fourth-order valence-corrected chi connectivity index (χ4v) is 4.04. The summed E-state index contributed by atoms with van der Waals surface area (Å²) in [5.41, 5.74) is 8.75. The van der Waals surface area contributed by atoms with E-state index < -0.39 is 0 Å². The number of nitrogens with zero attached hydrogens (tertiary/aromatic N) is 1. The second kappa shape index (κ2) is 6.15. The van der Waals surface area contributed by atoms with Crippen LogP contribution in [0.15, 0.2) is 34.7 Å². The van der Waals surface area contributed by atoms with Crippen molar-refractivity contribution < 1.29 is 14.0 Å². The number of likely N-dealkylation sites (tertiary alicyclic amines) is 1. The highest BCUT2D eigenvalue weighted by atomic mass is 16.4. The molecule has 130 valence electrons. The monoisotopic (exact) mass is 338 g/mol. The first-order valence-corrected chi connectivity index (χ1v) is 8.81. The first kappa shape index (κ1) is 16.1. The van der Waals surface area contributed by atoms with Crippen LogP contribution in [0.3, 0.4) is 0 Å². The SMILES string of the molecule is Cc1c(C(=O)N2C[C@@H](N)[C@H](c3ccccc3)C2)oc2c1C(=O)CCC2. The molecule has 25 heavy (non-hydrogen) atoms. The quantitative estimate of drug-likeness (QED) is 0.913. The van der Waals surface area contributed by atoms with Crippen molar-refractivity contribution in [3.05, 3.63) is 58.5 Å². The number of benzene rings is 1. The average Bonchev–Trinajstić information content (AvgIpc) is 3.17. The summed E-state index contributed by atoms with van der Waals surface area (Å²) in [6.07, 6.45) is 2.05. The number of rotatable bonds is 2. The van der Waals surface area contributed by atoms with E-state index in [9.17, 15) is 9.59 Å². The third-order valence-electron chi connectivity index (χ3n) is 5.38. The lowest BCUT2D eigenvalue weighted by Crippen LogP contribution is -2.32. The van der Waals surface area contributed by atoms with Gasteiger partial charge in [0.2, 0.25) is 0 Å². The van der Waals surface area contributed by atoms with E-state index in [0.717, 1.165) is 18.4 Å². The maximum atomic E-state index is 13.0. The Morgan fingerprint density at radius 1 is 1.20 bits per heavy atom. The summed E-state index contributed by atoms with van der Waals surface area (Å²) in [7, 11) is 0. The number of nitrogens with two attached hydrogens (primary N) is 1. The Hall–Kier alpha value is -2.40. The number of carbonyl (C=O) groups is 2. The van der Waals surface area contributed by atoms with E-state index in [1.807, 2.05) is 37.3 Å². The second-order valence-corrected chi connectivity index (χ2v) is 7.02. The summed E-state index contributed by atoms with van der Waals surface area (Å²) in [6.45, 7) is 2.88. The van der Waals surface area contributed by atoms with Gasteiger partial charge in [-0.25, -0.2) is 0 Å². The lowest BCUT2D eigenvalue weighted by atomic mass is 9.94. The summed E-state index contributed by atoms with van der Waals surface area (Å²) < 4.78 is 5.80. The molecular weight excluding hydrogens is 316 g/mol. The largest absolute Gasteiger partial charge is 0.455 e. The van der Waals surface area contributed by atoms with E-state index in [4.69, 9.17) is 10.2 Å². The van der Waals surface area contributed by atoms with Crippen LogP contribution in [-0.4, -0.2) is 35.7 Å². The van der Waals surface area contributed by atoms with Gasteiger partial charge in [0.25, 0.3) is 5.91 Å². The molecule has 1 aliphatic carbocycles. The normalized spacial score (nSPS) is 23.0. The molecule has 4 rings (SSSR count). The Morgan fingerprint density at radius 3 is 2.68 bits per heavy atom. The second-order valence-electron chi connectivity index (χ2n) is 7.02. The zero-order valence-electron chi connectivity index (χ0n) is 14.3. The molecule has 1 amide bonds. The Kier molecular flexibility index (Phi) is 3.96. The number of amides is 1. The van der Waals surface area contributed by atoms with Crippen molar-refractivity contribution in [3.8, 4) is 0 Å². The number of fused-ring (bicyclic) bond motifs is 1. The third-order valence-corrected chi connectivity index (χ3v) is 5.38. The predicted octanol–water partition coefficient (Wildman–Crippen LogP) is 2.67. The van der Waals surface area contributed by atoms with Gasteiger partial charge in [-0.2, -0.15) is 0 Å². The minimum absolute atomic E-state index is 0.0850. The van der Waals surface area contributed by atoms with Crippen LogP contribution >= 0.6 is 0 Å². The van der Waals surface area contributed by atoms with E-state index in [0.29, 0.717) is 42.2 Å². The van der Waals surface area contributed by atoms with Gasteiger partial charge < -0.3 is 15.1 Å². The van der Waals surface area contributed by atoms with Crippen LogP contribution in [-0.2, 0) is 6.42 Å². The number of hydrogen-bond acceptors (Lipinski definition) is 4. The lowest BCUT2D eigenvalue weighted by molar-refractivity contribution is 0.0754. The molecule has 2 aromatic rings. The molecule has 1 aromatic heterocycles. The van der Waals surface area contributed by atoms with Crippen LogP contribution in [0.4, 0.5) is 0 Å². The highest BCUT2D eigenvalue weighted by molar-refractivity contribution is 6.03. The van der Waals surface area contributed by atoms with E-state index in [2.05, 4.69) is 0 Å². The molecule has 0 saturated carbocycles. The third kappa shape index (κ3) is 2.68. The van der Waals surface area contributed by atoms with Gasteiger partial charge in [0.15, 0.2) is 11.5 Å². The minimum Gasteiger partial charge on any atom is -0.455 e. The summed E-state index contributed by atoms with van der Waals surface area (Å²) in [5.74, 6) is 1.02. The highest BCUT2D eigenvalue weighted by Gasteiger charge is 2.37. The van der Waals surface area contributed by atoms with Crippen LogP contribution in [0.5, 0.6) is 0 Å². The number of furan rings is 1. The topological polar surface area (TPSA) is 76.5 Å². The van der Waals surface area contributed by atoms with Crippen molar-refractivity contribution in [2.24, 2.45) is 5.73 Å². The Labute approximate surface area is 146 Å². The van der Waals surface area contributed by atoms with Crippen molar-refractivity contribution >= 4 is 11.7 Å². The zero-order chi connectivity index (χ0) is 17.6. The smallest absolute Gasteiger partial charge is 0.289 e. The number of hydrogen-bond donors (Lipinski definition) is 1. The van der Waals surface area contributed by atoms with Gasteiger partial charge >= 0.3 is 0 Å². The molecular formula is C20H22N2O3. The van der Waals surface area contributed by atoms with Crippen LogP contribution in [0.25, 0.3) is 0 Å². The molecule has 1 fully saturated rings. The molecule has 5 nitrogen and oxygen atoms in total. The molecule has 1 saturated heterocycles. The summed E-state index contributed by atoms with van der Waals surface area (Å²) >= 11 is 0. The van der Waals surface area contributed by atoms with Crippen molar-refractivity contribution in [1.29, 1.82) is 0 Å². The summed E-state index contributed by atoms with van der Waals surface area (Å²) in [4.78, 5) is 26.9. The average molecular weight is 338 g/mol. The Balaban J connectivity index is 1.59. The predicted molar refractivity (Wildman–Crippen MR) is 93.8 cm³/mol. The van der Waals surface area contributed by atoms with Crippen LogP contribution in [0.1, 0.15) is 56.6 Å². The number of carbonyl (C=O) groups excluding carboxylic acids is 2. The van der Waals surface area contributed by atoms with Crippen LogP contribution in [0.2, 0.25) is 0 Å². The molecule has 1 aromatic carbocycles.